The molecule has 37 heavy (non-hydrogen) atoms. The lowest BCUT2D eigenvalue weighted by atomic mass is 9.43. The molecule has 0 bridgehead atoms. The van der Waals surface area contributed by atoms with Gasteiger partial charge in [0.2, 0.25) is 0 Å². The number of piperidine rings is 1. The van der Waals surface area contributed by atoms with Crippen LogP contribution in [0.4, 0.5) is 0 Å². The number of carbonyl (C=O) groups is 1. The van der Waals surface area contributed by atoms with Crippen molar-refractivity contribution < 1.29 is 24.9 Å². The van der Waals surface area contributed by atoms with Gasteiger partial charge in [-0.2, -0.15) is 0 Å². The number of aliphatic hydroxyl groups excluding tert-OH is 3. The Hall–Kier alpha value is -0.690. The Morgan fingerprint density at radius 3 is 2.51 bits per heavy atom. The summed E-state index contributed by atoms with van der Waals surface area (Å²) in [6, 6.07) is 0. The monoisotopic (exact) mass is 519 g/mol. The molecular formula is C31H53NO5. The van der Waals surface area contributed by atoms with Crippen LogP contribution in [-0.2, 0) is 9.53 Å². The maximum atomic E-state index is 12.5. The quantitative estimate of drug-likeness (QED) is 0.432. The van der Waals surface area contributed by atoms with E-state index in [9.17, 15) is 20.1 Å². The molecule has 0 radical (unpaired) electrons. The fourth-order valence-electron chi connectivity index (χ4n) is 10.2. The lowest BCUT2D eigenvalue weighted by Crippen LogP contribution is -2.62. The number of aliphatic hydroxyl groups is 3. The van der Waals surface area contributed by atoms with Gasteiger partial charge in [-0.05, 0) is 124 Å². The molecule has 5 rings (SSSR count). The molecule has 0 aromatic carbocycles. The summed E-state index contributed by atoms with van der Waals surface area (Å²) < 4.78 is 5.58. The summed E-state index contributed by atoms with van der Waals surface area (Å²) in [4.78, 5) is 14.9. The molecule has 6 nitrogen and oxygen atoms in total. The van der Waals surface area contributed by atoms with Crippen LogP contribution in [0, 0.1) is 46.3 Å². The van der Waals surface area contributed by atoms with Crippen molar-refractivity contribution in [3.05, 3.63) is 0 Å². The summed E-state index contributed by atoms with van der Waals surface area (Å²) in [5, 5.41) is 33.5. The van der Waals surface area contributed by atoms with E-state index in [4.69, 9.17) is 4.74 Å². The topological polar surface area (TPSA) is 90.2 Å². The van der Waals surface area contributed by atoms with Gasteiger partial charge in [0.15, 0.2) is 0 Å². The fraction of sp³-hybridized carbons (Fsp3) is 0.968. The molecule has 5 fully saturated rings. The third-order valence-electron chi connectivity index (χ3n) is 12.4. The zero-order valence-electron chi connectivity index (χ0n) is 23.6. The van der Waals surface area contributed by atoms with Crippen LogP contribution >= 0.6 is 0 Å². The van der Waals surface area contributed by atoms with Crippen LogP contribution in [0.3, 0.4) is 0 Å². The largest absolute Gasteiger partial charge is 0.464 e. The van der Waals surface area contributed by atoms with E-state index in [-0.39, 0.29) is 41.0 Å². The van der Waals surface area contributed by atoms with E-state index in [2.05, 4.69) is 25.7 Å². The predicted octanol–water partition coefficient (Wildman–Crippen LogP) is 4.39. The number of fused-ring (bicyclic) bond motifs is 5. The number of ether oxygens (including phenoxy) is 1. The van der Waals surface area contributed by atoms with Crippen LogP contribution in [0.15, 0.2) is 0 Å². The molecule has 0 amide bonds. The summed E-state index contributed by atoms with van der Waals surface area (Å²) in [7, 11) is 0. The Labute approximate surface area is 224 Å². The Balaban J connectivity index is 1.19. The van der Waals surface area contributed by atoms with Crippen LogP contribution in [0.25, 0.3) is 0 Å². The summed E-state index contributed by atoms with van der Waals surface area (Å²) in [5.41, 5.74) is -0.107. The summed E-state index contributed by atoms with van der Waals surface area (Å²) in [6.45, 7) is 10.5. The highest BCUT2D eigenvalue weighted by Gasteiger charge is 2.65. The van der Waals surface area contributed by atoms with E-state index in [0.717, 1.165) is 71.0 Å². The van der Waals surface area contributed by atoms with Crippen molar-refractivity contribution in [2.75, 3.05) is 26.2 Å². The maximum Gasteiger partial charge on any atom is 0.305 e. The van der Waals surface area contributed by atoms with E-state index in [1.807, 2.05) is 0 Å². The minimum absolute atomic E-state index is 0.0889. The van der Waals surface area contributed by atoms with Gasteiger partial charge in [-0.25, -0.2) is 0 Å². The molecule has 0 aromatic heterocycles. The van der Waals surface area contributed by atoms with Crippen molar-refractivity contribution in [3.8, 4) is 0 Å². The first-order valence-electron chi connectivity index (χ1n) is 15.6. The van der Waals surface area contributed by atoms with E-state index in [1.54, 1.807) is 0 Å². The van der Waals surface area contributed by atoms with Gasteiger partial charge >= 0.3 is 5.97 Å². The third-order valence-corrected chi connectivity index (χ3v) is 12.4. The van der Waals surface area contributed by atoms with E-state index in [1.165, 1.54) is 19.3 Å². The number of carbonyl (C=O) groups excluding carboxylic acids is 1. The van der Waals surface area contributed by atoms with E-state index in [0.29, 0.717) is 42.6 Å². The number of hydrogen-bond donors (Lipinski definition) is 3. The maximum absolute atomic E-state index is 12.5. The molecule has 11 atom stereocenters. The average molecular weight is 520 g/mol. The highest BCUT2D eigenvalue weighted by Crippen LogP contribution is 2.68. The molecule has 4 unspecified atom stereocenters. The first kappa shape index (κ1) is 27.9. The first-order chi connectivity index (χ1) is 17.6. The minimum atomic E-state index is -0.375. The third kappa shape index (κ3) is 5.14. The van der Waals surface area contributed by atoms with E-state index < -0.39 is 0 Å². The summed E-state index contributed by atoms with van der Waals surface area (Å²) >= 11 is 0. The smallest absolute Gasteiger partial charge is 0.305 e. The molecular weight excluding hydrogens is 466 g/mol. The number of esters is 1. The molecule has 6 heteroatoms. The second-order valence-corrected chi connectivity index (χ2v) is 14.2. The normalized spacial score (nSPS) is 47.0. The fourth-order valence-corrected chi connectivity index (χ4v) is 10.2. The standard InChI is InChI=1S/C31H53NO5/c1-20(7-10-28(36)37-16-15-32-13-5-4-6-14-32)23-8-9-24-29-25(19-27(35)31(23,24)3)30(2)12-11-22(33)17-21(30)18-26(29)34/h20-27,29,33-35H,4-19H2,1-3H3/t20?,21-,22?,23+,24-,25-,26?,27?,29-,30-,31+/m0/s1. The van der Waals surface area contributed by atoms with Gasteiger partial charge in [-0.3, -0.25) is 9.69 Å². The molecule has 4 aliphatic carbocycles. The highest BCUT2D eigenvalue weighted by molar-refractivity contribution is 5.69. The first-order valence-corrected chi connectivity index (χ1v) is 15.6. The van der Waals surface area contributed by atoms with Crippen molar-refractivity contribution >= 4 is 5.97 Å². The number of likely N-dealkylation sites (tertiary alicyclic amines) is 1. The Morgan fingerprint density at radius 2 is 1.76 bits per heavy atom. The Kier molecular flexibility index (Phi) is 8.33. The van der Waals surface area contributed by atoms with Gasteiger partial charge in [0.05, 0.1) is 18.3 Å². The second kappa shape index (κ2) is 11.1. The van der Waals surface area contributed by atoms with Crippen molar-refractivity contribution in [1.29, 1.82) is 0 Å². The molecule has 0 aromatic rings. The zero-order valence-corrected chi connectivity index (χ0v) is 23.6. The molecule has 0 spiro atoms. The molecule has 3 N–H and O–H groups in total. The van der Waals surface area contributed by atoms with Crippen LogP contribution in [-0.4, -0.2) is 70.7 Å². The lowest BCUT2D eigenvalue weighted by molar-refractivity contribution is -0.207. The van der Waals surface area contributed by atoms with Gasteiger partial charge in [0.25, 0.3) is 0 Å². The number of hydrogen-bond acceptors (Lipinski definition) is 6. The summed E-state index contributed by atoms with van der Waals surface area (Å²) in [5.74, 6) is 1.85. The molecule has 5 aliphatic rings. The lowest BCUT2D eigenvalue weighted by Gasteiger charge is -2.63. The van der Waals surface area contributed by atoms with Gasteiger partial charge in [0.1, 0.15) is 6.61 Å². The van der Waals surface area contributed by atoms with Crippen molar-refractivity contribution in [3.63, 3.8) is 0 Å². The molecule has 1 aliphatic heterocycles. The van der Waals surface area contributed by atoms with Gasteiger partial charge < -0.3 is 20.1 Å². The van der Waals surface area contributed by atoms with Crippen LogP contribution in [0.5, 0.6) is 0 Å². The van der Waals surface area contributed by atoms with Crippen molar-refractivity contribution in [2.24, 2.45) is 46.3 Å². The SMILES string of the molecule is CC(CCC(=O)OCCN1CCCCC1)[C@H]1CC[C@H]2[C@@H]3C(O)C[C@@H]4CC(O)CC[C@]4(C)[C@H]3CC(O)[C@]12C. The highest BCUT2D eigenvalue weighted by atomic mass is 16.5. The average Bonchev–Trinajstić information content (AvgIpc) is 3.23. The Morgan fingerprint density at radius 1 is 1.00 bits per heavy atom. The number of nitrogens with zero attached hydrogens (tertiary/aromatic N) is 1. The van der Waals surface area contributed by atoms with Gasteiger partial charge in [-0.1, -0.05) is 27.2 Å². The second-order valence-electron chi connectivity index (χ2n) is 14.2. The van der Waals surface area contributed by atoms with Crippen molar-refractivity contribution in [2.45, 2.75) is 116 Å². The molecule has 1 saturated heterocycles. The predicted molar refractivity (Wildman–Crippen MR) is 144 cm³/mol. The zero-order chi connectivity index (χ0) is 26.4. The molecule has 4 saturated carbocycles. The summed E-state index contributed by atoms with van der Waals surface area (Å²) in [6.07, 6.45) is 10.4. The molecule has 1 heterocycles. The van der Waals surface area contributed by atoms with Crippen molar-refractivity contribution in [1.82, 2.24) is 4.90 Å². The minimum Gasteiger partial charge on any atom is -0.464 e. The van der Waals surface area contributed by atoms with Crippen LogP contribution < -0.4 is 0 Å². The number of rotatable bonds is 7. The Bertz CT molecular complexity index is 800. The van der Waals surface area contributed by atoms with Gasteiger partial charge in [-0.15, -0.1) is 0 Å². The molecule has 212 valence electrons. The van der Waals surface area contributed by atoms with Crippen LogP contribution in [0.1, 0.15) is 97.8 Å². The van der Waals surface area contributed by atoms with Crippen LogP contribution in [0.2, 0.25) is 0 Å². The van der Waals surface area contributed by atoms with E-state index >= 15 is 0 Å². The van der Waals surface area contributed by atoms with Gasteiger partial charge in [0, 0.05) is 13.0 Å².